The Morgan fingerprint density at radius 3 is 2.21 bits per heavy atom. The normalized spacial score (nSPS) is 21.0. The average Bonchev–Trinajstić information content (AvgIpc) is 2.73. The molecule has 0 radical (unpaired) electrons. The SMILES string of the molecule is Cc1ccc(S(=O)(=O)N2Cc3ccccc3C[C@@H]2C(=O)N2CCN(C)CC2)cc1. The minimum absolute atomic E-state index is 0.0942. The van der Waals surface area contributed by atoms with Gasteiger partial charge in [-0.1, -0.05) is 42.0 Å². The molecule has 2 aliphatic rings. The third-order valence-electron chi connectivity index (χ3n) is 5.93. The molecule has 1 fully saturated rings. The summed E-state index contributed by atoms with van der Waals surface area (Å²) in [5, 5.41) is 0. The number of fused-ring (bicyclic) bond motifs is 1. The third kappa shape index (κ3) is 3.95. The Balaban J connectivity index is 1.70. The molecule has 0 unspecified atom stereocenters. The van der Waals surface area contributed by atoms with Crippen LogP contribution in [0.3, 0.4) is 0 Å². The summed E-state index contributed by atoms with van der Waals surface area (Å²) in [7, 11) is -1.76. The Kier molecular flexibility index (Phi) is 5.46. The molecule has 0 bridgehead atoms. The van der Waals surface area contributed by atoms with Crippen LogP contribution < -0.4 is 0 Å². The predicted molar refractivity (Wildman–Crippen MR) is 112 cm³/mol. The fraction of sp³-hybridized carbons (Fsp3) is 0.409. The summed E-state index contributed by atoms with van der Waals surface area (Å²) >= 11 is 0. The maximum atomic E-state index is 13.5. The first-order valence-electron chi connectivity index (χ1n) is 9.99. The van der Waals surface area contributed by atoms with Gasteiger partial charge >= 0.3 is 0 Å². The van der Waals surface area contributed by atoms with Gasteiger partial charge in [0.2, 0.25) is 15.9 Å². The van der Waals surface area contributed by atoms with E-state index in [1.807, 2.05) is 43.1 Å². The van der Waals surface area contributed by atoms with Crippen LogP contribution in [0, 0.1) is 6.92 Å². The van der Waals surface area contributed by atoms with Gasteiger partial charge in [0.1, 0.15) is 6.04 Å². The molecule has 6 nitrogen and oxygen atoms in total. The summed E-state index contributed by atoms with van der Waals surface area (Å²) in [5.74, 6) is -0.0942. The van der Waals surface area contributed by atoms with Gasteiger partial charge in [0, 0.05) is 32.7 Å². The highest BCUT2D eigenvalue weighted by Crippen LogP contribution is 2.30. The zero-order chi connectivity index (χ0) is 20.6. The van der Waals surface area contributed by atoms with Crippen LogP contribution in [-0.2, 0) is 27.8 Å². The minimum atomic E-state index is -3.79. The number of piperazine rings is 1. The molecule has 2 heterocycles. The summed E-state index contributed by atoms with van der Waals surface area (Å²) < 4.78 is 28.4. The summed E-state index contributed by atoms with van der Waals surface area (Å²) in [6.45, 7) is 5.01. The molecule has 0 saturated carbocycles. The smallest absolute Gasteiger partial charge is 0.244 e. The molecule has 0 N–H and O–H groups in total. The van der Waals surface area contributed by atoms with Gasteiger partial charge in [-0.05, 0) is 43.7 Å². The third-order valence-corrected chi connectivity index (χ3v) is 7.80. The Bertz CT molecular complexity index is 996. The second-order valence-electron chi connectivity index (χ2n) is 7.98. The van der Waals surface area contributed by atoms with Crippen molar-refractivity contribution < 1.29 is 13.2 Å². The standard InChI is InChI=1S/C22H27N3O3S/c1-17-7-9-20(10-8-17)29(27,28)25-16-19-6-4-3-5-18(19)15-21(25)22(26)24-13-11-23(2)12-14-24/h3-10,21H,11-16H2,1-2H3/t21-/m1/s1. The Labute approximate surface area is 172 Å². The van der Waals surface area contributed by atoms with E-state index >= 15 is 0 Å². The number of hydrogen-bond donors (Lipinski definition) is 0. The fourth-order valence-electron chi connectivity index (χ4n) is 4.05. The predicted octanol–water partition coefficient (Wildman–Crippen LogP) is 1.88. The van der Waals surface area contributed by atoms with Crippen LogP contribution in [0.4, 0.5) is 0 Å². The van der Waals surface area contributed by atoms with Gasteiger partial charge in [0.15, 0.2) is 0 Å². The number of likely N-dealkylation sites (N-methyl/N-ethyl adjacent to an activating group) is 1. The van der Waals surface area contributed by atoms with E-state index in [2.05, 4.69) is 4.90 Å². The van der Waals surface area contributed by atoms with E-state index in [0.717, 1.165) is 29.8 Å². The molecule has 2 aromatic rings. The maximum Gasteiger partial charge on any atom is 0.244 e. The molecule has 4 rings (SSSR count). The number of aryl methyl sites for hydroxylation is 1. The van der Waals surface area contributed by atoms with E-state index in [4.69, 9.17) is 0 Å². The molecule has 2 aliphatic heterocycles. The lowest BCUT2D eigenvalue weighted by Gasteiger charge is -2.40. The zero-order valence-electron chi connectivity index (χ0n) is 16.9. The average molecular weight is 414 g/mol. The molecule has 0 spiro atoms. The molecular weight excluding hydrogens is 386 g/mol. The van der Waals surface area contributed by atoms with Crippen molar-refractivity contribution in [3.05, 3.63) is 65.2 Å². The number of carbonyl (C=O) groups excluding carboxylic acids is 1. The topological polar surface area (TPSA) is 60.9 Å². The van der Waals surface area contributed by atoms with E-state index in [1.165, 1.54) is 4.31 Å². The quantitative estimate of drug-likeness (QED) is 0.771. The molecule has 1 saturated heterocycles. The summed E-state index contributed by atoms with van der Waals surface area (Å²) in [5.41, 5.74) is 3.01. The Hall–Kier alpha value is -2.22. The van der Waals surface area contributed by atoms with Crippen molar-refractivity contribution in [3.8, 4) is 0 Å². The van der Waals surface area contributed by atoms with Crippen LogP contribution in [0.1, 0.15) is 16.7 Å². The van der Waals surface area contributed by atoms with Crippen molar-refractivity contribution in [2.45, 2.75) is 30.8 Å². The first kappa shape index (κ1) is 20.1. The minimum Gasteiger partial charge on any atom is -0.339 e. The van der Waals surface area contributed by atoms with E-state index in [1.54, 1.807) is 24.3 Å². The number of rotatable bonds is 3. The number of sulfonamides is 1. The summed E-state index contributed by atoms with van der Waals surface area (Å²) in [6.07, 6.45) is 0.409. The van der Waals surface area contributed by atoms with Crippen LogP contribution >= 0.6 is 0 Å². The van der Waals surface area contributed by atoms with E-state index in [9.17, 15) is 13.2 Å². The number of hydrogen-bond acceptors (Lipinski definition) is 4. The zero-order valence-corrected chi connectivity index (χ0v) is 17.7. The van der Waals surface area contributed by atoms with E-state index in [0.29, 0.717) is 19.5 Å². The van der Waals surface area contributed by atoms with Crippen LogP contribution in [0.15, 0.2) is 53.4 Å². The van der Waals surface area contributed by atoms with Crippen molar-refractivity contribution in [1.82, 2.24) is 14.1 Å². The van der Waals surface area contributed by atoms with E-state index < -0.39 is 16.1 Å². The lowest BCUT2D eigenvalue weighted by Crippen LogP contribution is -2.57. The Morgan fingerprint density at radius 1 is 0.931 bits per heavy atom. The number of carbonyl (C=O) groups is 1. The lowest BCUT2D eigenvalue weighted by molar-refractivity contribution is -0.137. The van der Waals surface area contributed by atoms with Crippen molar-refractivity contribution in [2.24, 2.45) is 0 Å². The van der Waals surface area contributed by atoms with Crippen LogP contribution in [0.2, 0.25) is 0 Å². The molecule has 2 aromatic carbocycles. The lowest BCUT2D eigenvalue weighted by atomic mass is 9.95. The molecule has 0 aromatic heterocycles. The second-order valence-corrected chi connectivity index (χ2v) is 9.87. The fourth-order valence-corrected chi connectivity index (χ4v) is 5.60. The number of nitrogens with zero attached hydrogens (tertiary/aromatic N) is 3. The number of benzene rings is 2. The van der Waals surface area contributed by atoms with E-state index in [-0.39, 0.29) is 17.3 Å². The first-order valence-corrected chi connectivity index (χ1v) is 11.4. The molecule has 1 atom stereocenters. The molecule has 154 valence electrons. The van der Waals surface area contributed by atoms with Crippen molar-refractivity contribution in [3.63, 3.8) is 0 Å². The van der Waals surface area contributed by atoms with Gasteiger partial charge in [0.05, 0.1) is 4.90 Å². The maximum absolute atomic E-state index is 13.5. The molecule has 29 heavy (non-hydrogen) atoms. The van der Waals surface area contributed by atoms with Gasteiger partial charge < -0.3 is 9.80 Å². The number of amides is 1. The molecule has 7 heteroatoms. The van der Waals surface area contributed by atoms with Gasteiger partial charge in [-0.3, -0.25) is 4.79 Å². The largest absolute Gasteiger partial charge is 0.339 e. The van der Waals surface area contributed by atoms with Crippen LogP contribution in [0.25, 0.3) is 0 Å². The summed E-state index contributed by atoms with van der Waals surface area (Å²) in [4.78, 5) is 17.6. The molecular formula is C22H27N3O3S. The summed E-state index contributed by atoms with van der Waals surface area (Å²) in [6, 6.07) is 13.9. The molecule has 0 aliphatic carbocycles. The highest BCUT2D eigenvalue weighted by molar-refractivity contribution is 7.89. The monoisotopic (exact) mass is 413 g/mol. The second kappa shape index (κ2) is 7.89. The highest BCUT2D eigenvalue weighted by atomic mass is 32.2. The van der Waals surface area contributed by atoms with Crippen molar-refractivity contribution in [2.75, 3.05) is 33.2 Å². The highest BCUT2D eigenvalue weighted by Gasteiger charge is 2.41. The van der Waals surface area contributed by atoms with Gasteiger partial charge in [0.25, 0.3) is 0 Å². The molecule has 1 amide bonds. The van der Waals surface area contributed by atoms with Gasteiger partial charge in [-0.25, -0.2) is 8.42 Å². The Morgan fingerprint density at radius 2 is 1.55 bits per heavy atom. The van der Waals surface area contributed by atoms with Crippen molar-refractivity contribution in [1.29, 1.82) is 0 Å². The van der Waals surface area contributed by atoms with Crippen LogP contribution in [-0.4, -0.2) is 67.7 Å². The first-order chi connectivity index (χ1) is 13.9. The van der Waals surface area contributed by atoms with Gasteiger partial charge in [-0.2, -0.15) is 4.31 Å². The van der Waals surface area contributed by atoms with Crippen molar-refractivity contribution >= 4 is 15.9 Å². The van der Waals surface area contributed by atoms with Crippen LogP contribution in [0.5, 0.6) is 0 Å². The van der Waals surface area contributed by atoms with Gasteiger partial charge in [-0.15, -0.1) is 0 Å².